The lowest BCUT2D eigenvalue weighted by Gasteiger charge is -2.06. The number of esters is 1. The van der Waals surface area contributed by atoms with E-state index in [4.69, 9.17) is 5.14 Å². The molecule has 5 nitrogen and oxygen atoms in total. The summed E-state index contributed by atoms with van der Waals surface area (Å²) in [6.45, 7) is 5.70. The van der Waals surface area contributed by atoms with Crippen LogP contribution in [0.3, 0.4) is 0 Å². The lowest BCUT2D eigenvalue weighted by Crippen LogP contribution is -2.17. The van der Waals surface area contributed by atoms with Crippen molar-refractivity contribution in [1.29, 1.82) is 0 Å². The minimum atomic E-state index is -3.91. The van der Waals surface area contributed by atoms with E-state index < -0.39 is 16.0 Å². The average molecular weight is 259 g/mol. The Hall–Kier alpha value is -1.40. The van der Waals surface area contributed by atoms with Gasteiger partial charge in [0.15, 0.2) is 0 Å². The van der Waals surface area contributed by atoms with Gasteiger partial charge in [0.1, 0.15) is 0 Å². The van der Waals surface area contributed by atoms with E-state index >= 15 is 0 Å². The van der Waals surface area contributed by atoms with Gasteiger partial charge in [-0.1, -0.05) is 19.9 Å². The molecule has 0 heterocycles. The molecule has 0 saturated heterocycles. The zero-order valence-corrected chi connectivity index (χ0v) is 11.2. The van der Waals surface area contributed by atoms with Crippen molar-refractivity contribution in [3.05, 3.63) is 29.3 Å². The number of sulfonamides is 1. The topological polar surface area (TPSA) is 86.5 Å². The molecule has 0 amide bonds. The lowest BCUT2D eigenvalue weighted by atomic mass is 10.1. The molecule has 2 N–H and O–H groups in total. The molecule has 1 aromatic rings. The zero-order chi connectivity index (χ0) is 13.6. The van der Waals surface area contributed by atoms with Gasteiger partial charge in [0.25, 0.3) is 0 Å². The second-order valence-electron chi connectivity index (χ2n) is 3.04. The standard InChI is InChI=1S/C9H11NO4S.C2H6/c1-6-3-4-7(9(11)14-2)8(5-6)15(10,12)13;1-2/h3-5H,1-2H3,(H2,10,12,13);1-2H3. The first-order chi connectivity index (χ1) is 7.86. The van der Waals surface area contributed by atoms with Crippen molar-refractivity contribution in [3.8, 4) is 0 Å². The first-order valence-electron chi connectivity index (χ1n) is 5.08. The minimum absolute atomic E-state index is 0.0504. The Kier molecular flexibility index (Phi) is 5.84. The van der Waals surface area contributed by atoms with Crippen LogP contribution >= 0.6 is 0 Å². The number of rotatable bonds is 2. The first kappa shape index (κ1) is 15.6. The molecule has 17 heavy (non-hydrogen) atoms. The van der Waals surface area contributed by atoms with E-state index in [0.29, 0.717) is 5.56 Å². The number of benzene rings is 1. The van der Waals surface area contributed by atoms with Gasteiger partial charge < -0.3 is 4.74 Å². The number of carbonyl (C=O) groups is 1. The first-order valence-corrected chi connectivity index (χ1v) is 6.62. The monoisotopic (exact) mass is 259 g/mol. The van der Waals surface area contributed by atoms with E-state index in [2.05, 4.69) is 4.74 Å². The molecule has 0 atom stereocenters. The molecular weight excluding hydrogens is 242 g/mol. The van der Waals surface area contributed by atoms with Crippen LogP contribution in [0, 0.1) is 6.92 Å². The zero-order valence-electron chi connectivity index (χ0n) is 10.4. The van der Waals surface area contributed by atoms with Crippen molar-refractivity contribution >= 4 is 16.0 Å². The van der Waals surface area contributed by atoms with Gasteiger partial charge in [0, 0.05) is 0 Å². The van der Waals surface area contributed by atoms with Crippen LogP contribution in [0.2, 0.25) is 0 Å². The molecule has 0 aromatic heterocycles. The summed E-state index contributed by atoms with van der Waals surface area (Å²) in [4.78, 5) is 11.0. The third kappa shape index (κ3) is 4.16. The van der Waals surface area contributed by atoms with Gasteiger partial charge in [-0.2, -0.15) is 0 Å². The SMILES string of the molecule is CC.COC(=O)c1ccc(C)cc1S(N)(=O)=O. The van der Waals surface area contributed by atoms with E-state index in [9.17, 15) is 13.2 Å². The summed E-state index contributed by atoms with van der Waals surface area (Å²) in [6, 6.07) is 4.32. The van der Waals surface area contributed by atoms with E-state index in [1.165, 1.54) is 19.2 Å². The Labute approximate surface area is 102 Å². The van der Waals surface area contributed by atoms with E-state index in [0.717, 1.165) is 0 Å². The highest BCUT2D eigenvalue weighted by molar-refractivity contribution is 7.89. The normalized spacial score (nSPS) is 10.2. The number of hydrogen-bond donors (Lipinski definition) is 1. The fourth-order valence-electron chi connectivity index (χ4n) is 1.14. The maximum Gasteiger partial charge on any atom is 0.339 e. The van der Waals surface area contributed by atoms with Crippen molar-refractivity contribution in [2.24, 2.45) is 5.14 Å². The van der Waals surface area contributed by atoms with Crippen molar-refractivity contribution in [2.75, 3.05) is 7.11 Å². The molecule has 0 bridgehead atoms. The number of hydrogen-bond acceptors (Lipinski definition) is 4. The smallest absolute Gasteiger partial charge is 0.339 e. The van der Waals surface area contributed by atoms with Crippen LogP contribution in [-0.2, 0) is 14.8 Å². The highest BCUT2D eigenvalue weighted by atomic mass is 32.2. The van der Waals surface area contributed by atoms with Gasteiger partial charge in [-0.25, -0.2) is 18.4 Å². The lowest BCUT2D eigenvalue weighted by molar-refractivity contribution is 0.0596. The Balaban J connectivity index is 0.00000121. The van der Waals surface area contributed by atoms with Crippen molar-refractivity contribution in [1.82, 2.24) is 0 Å². The van der Waals surface area contributed by atoms with Crippen LogP contribution in [0.25, 0.3) is 0 Å². The van der Waals surface area contributed by atoms with Gasteiger partial charge in [0.05, 0.1) is 17.6 Å². The van der Waals surface area contributed by atoms with Gasteiger partial charge in [0.2, 0.25) is 10.0 Å². The van der Waals surface area contributed by atoms with E-state index in [1.54, 1.807) is 13.0 Å². The van der Waals surface area contributed by atoms with Gasteiger partial charge in [-0.3, -0.25) is 0 Å². The van der Waals surface area contributed by atoms with Crippen LogP contribution in [0.1, 0.15) is 29.8 Å². The number of aryl methyl sites for hydroxylation is 1. The van der Waals surface area contributed by atoms with E-state index in [-0.39, 0.29) is 10.5 Å². The fourth-order valence-corrected chi connectivity index (χ4v) is 1.95. The van der Waals surface area contributed by atoms with Crippen molar-refractivity contribution in [3.63, 3.8) is 0 Å². The highest BCUT2D eigenvalue weighted by Crippen LogP contribution is 2.16. The predicted octanol–water partition coefficient (Wildman–Crippen LogP) is 1.46. The third-order valence-corrected chi connectivity index (χ3v) is 2.80. The van der Waals surface area contributed by atoms with Gasteiger partial charge in [-0.05, 0) is 24.6 Å². The van der Waals surface area contributed by atoms with Gasteiger partial charge >= 0.3 is 5.97 Å². The Bertz CT molecular complexity index is 494. The molecule has 0 spiro atoms. The summed E-state index contributed by atoms with van der Waals surface area (Å²) >= 11 is 0. The van der Waals surface area contributed by atoms with Crippen LogP contribution in [0.15, 0.2) is 23.1 Å². The molecular formula is C11H17NO4S. The van der Waals surface area contributed by atoms with Crippen LogP contribution in [0.4, 0.5) is 0 Å². The number of nitrogens with two attached hydrogens (primary N) is 1. The summed E-state index contributed by atoms with van der Waals surface area (Å²) in [7, 11) is -2.74. The minimum Gasteiger partial charge on any atom is -0.465 e. The number of ether oxygens (including phenoxy) is 1. The number of primary sulfonamides is 1. The average Bonchev–Trinajstić information content (AvgIpc) is 2.29. The van der Waals surface area contributed by atoms with Gasteiger partial charge in [-0.15, -0.1) is 0 Å². The molecule has 0 saturated carbocycles. The Morgan fingerprint density at radius 1 is 1.29 bits per heavy atom. The summed E-state index contributed by atoms with van der Waals surface area (Å²) in [5, 5.41) is 4.98. The molecule has 1 aromatic carbocycles. The molecule has 0 radical (unpaired) electrons. The molecule has 0 unspecified atom stereocenters. The second kappa shape index (κ2) is 6.36. The van der Waals surface area contributed by atoms with Crippen molar-refractivity contribution in [2.45, 2.75) is 25.7 Å². The Morgan fingerprint density at radius 2 is 1.82 bits per heavy atom. The maximum atomic E-state index is 11.3. The number of carbonyl (C=O) groups excluding carboxylic acids is 1. The summed E-state index contributed by atoms with van der Waals surface area (Å²) in [6.07, 6.45) is 0. The molecule has 0 aliphatic heterocycles. The molecule has 0 fully saturated rings. The largest absolute Gasteiger partial charge is 0.465 e. The molecule has 1 rings (SSSR count). The molecule has 0 aliphatic rings. The van der Waals surface area contributed by atoms with Crippen LogP contribution in [0.5, 0.6) is 0 Å². The molecule has 0 aliphatic carbocycles. The number of methoxy groups -OCH3 is 1. The van der Waals surface area contributed by atoms with Crippen LogP contribution < -0.4 is 5.14 Å². The Morgan fingerprint density at radius 3 is 2.24 bits per heavy atom. The predicted molar refractivity (Wildman–Crippen MR) is 65.2 cm³/mol. The summed E-state index contributed by atoms with van der Waals surface area (Å²) in [5.41, 5.74) is 0.650. The maximum absolute atomic E-state index is 11.3. The summed E-state index contributed by atoms with van der Waals surface area (Å²) in [5.74, 6) is -0.723. The molecule has 6 heteroatoms. The van der Waals surface area contributed by atoms with Crippen molar-refractivity contribution < 1.29 is 17.9 Å². The highest BCUT2D eigenvalue weighted by Gasteiger charge is 2.19. The third-order valence-electron chi connectivity index (χ3n) is 1.85. The van der Waals surface area contributed by atoms with E-state index in [1.807, 2.05) is 13.8 Å². The fraction of sp³-hybridized carbons (Fsp3) is 0.364. The quantitative estimate of drug-likeness (QED) is 0.814. The second-order valence-corrected chi connectivity index (χ2v) is 4.57. The summed E-state index contributed by atoms with van der Waals surface area (Å²) < 4.78 is 26.8. The molecule has 96 valence electrons. The van der Waals surface area contributed by atoms with Crippen LogP contribution in [-0.4, -0.2) is 21.5 Å².